The average Bonchev–Trinajstić information content (AvgIpc) is 3.05. The van der Waals surface area contributed by atoms with Crippen LogP contribution in [0.2, 0.25) is 0 Å². The van der Waals surface area contributed by atoms with Crippen molar-refractivity contribution in [2.75, 3.05) is 0 Å². The minimum Gasteiger partial charge on any atom is -0.460 e. The third kappa shape index (κ3) is 3.53. The van der Waals surface area contributed by atoms with E-state index in [9.17, 15) is 0 Å². The first-order valence-corrected chi connectivity index (χ1v) is 8.42. The lowest BCUT2D eigenvalue weighted by Crippen LogP contribution is -2.19. The zero-order chi connectivity index (χ0) is 14.7. The Kier molecular flexibility index (Phi) is 4.39. The highest BCUT2D eigenvalue weighted by Gasteiger charge is 2.12. The molecule has 2 heterocycles. The summed E-state index contributed by atoms with van der Waals surface area (Å²) in [5.74, 6) is 1.67. The molecule has 0 aliphatic heterocycles. The topological polar surface area (TPSA) is 42.8 Å². The highest BCUT2D eigenvalue weighted by atomic mass is 32.1. The average molecular weight is 303 g/mol. The van der Waals surface area contributed by atoms with Crippen molar-refractivity contribution >= 4 is 17.6 Å². The van der Waals surface area contributed by atoms with E-state index in [0.717, 1.165) is 22.0 Å². The predicted molar refractivity (Wildman–Crippen MR) is 85.9 cm³/mol. The lowest BCUT2D eigenvalue weighted by molar-refractivity contribution is 0.435. The second-order valence-corrected chi connectivity index (χ2v) is 6.42. The van der Waals surface area contributed by atoms with Crippen molar-refractivity contribution < 1.29 is 4.42 Å². The second kappa shape index (κ2) is 6.43. The fourth-order valence-electron chi connectivity index (χ4n) is 2.62. The molecule has 0 N–H and O–H groups in total. The molecule has 0 unspecified atom stereocenters. The van der Waals surface area contributed by atoms with Gasteiger partial charge in [-0.2, -0.15) is 5.10 Å². The lowest BCUT2D eigenvalue weighted by Gasteiger charge is -2.16. The van der Waals surface area contributed by atoms with Crippen LogP contribution in [0.3, 0.4) is 0 Å². The highest BCUT2D eigenvalue weighted by Crippen LogP contribution is 2.20. The Morgan fingerprint density at radius 2 is 2.05 bits per heavy atom. The fraction of sp³-hybridized carbons (Fsp3) is 0.500. The van der Waals surface area contributed by atoms with Crippen molar-refractivity contribution in [2.45, 2.75) is 52.0 Å². The van der Waals surface area contributed by atoms with Gasteiger partial charge in [-0.05, 0) is 38.8 Å². The van der Waals surface area contributed by atoms with Crippen molar-refractivity contribution in [2.24, 2.45) is 10.1 Å². The van der Waals surface area contributed by atoms with Crippen LogP contribution in [0.4, 0.5) is 0 Å². The molecule has 2 aromatic heterocycles. The molecule has 0 amide bonds. The van der Waals surface area contributed by atoms with E-state index in [1.807, 2.05) is 23.7 Å². The monoisotopic (exact) mass is 303 g/mol. The molecule has 0 atom stereocenters. The number of furan rings is 1. The summed E-state index contributed by atoms with van der Waals surface area (Å²) in [5.41, 5.74) is 1.11. The van der Waals surface area contributed by atoms with Crippen LogP contribution in [0.15, 0.2) is 32.0 Å². The quantitative estimate of drug-likeness (QED) is 0.794. The lowest BCUT2D eigenvalue weighted by atomic mass is 9.96. The van der Waals surface area contributed by atoms with Crippen LogP contribution in [0.1, 0.15) is 49.3 Å². The molecule has 5 heteroatoms. The highest BCUT2D eigenvalue weighted by molar-refractivity contribution is 7.07. The first-order valence-electron chi connectivity index (χ1n) is 7.54. The molecule has 0 aromatic carbocycles. The summed E-state index contributed by atoms with van der Waals surface area (Å²) < 4.78 is 7.44. The van der Waals surface area contributed by atoms with E-state index in [4.69, 9.17) is 9.41 Å². The van der Waals surface area contributed by atoms with Gasteiger partial charge in [0.25, 0.3) is 0 Å². The molecule has 1 saturated carbocycles. The van der Waals surface area contributed by atoms with Gasteiger partial charge in [-0.25, -0.2) is 4.68 Å². The third-order valence-corrected chi connectivity index (χ3v) is 4.73. The standard InChI is InChI=1S/C16H21N3OS/c1-12-11-21-16(18-14-6-4-3-5-7-14)19(12)17-10-15-9-8-13(2)20-15/h8-11,14H,3-7H2,1-2H3. The number of hydrogen-bond donors (Lipinski definition) is 0. The summed E-state index contributed by atoms with van der Waals surface area (Å²) >= 11 is 1.66. The Hall–Kier alpha value is -1.62. The number of nitrogens with zero attached hydrogens (tertiary/aromatic N) is 3. The van der Waals surface area contributed by atoms with Gasteiger partial charge in [0.2, 0.25) is 4.80 Å². The number of thiazole rings is 1. The first-order chi connectivity index (χ1) is 10.2. The van der Waals surface area contributed by atoms with Gasteiger partial charge < -0.3 is 4.42 Å². The van der Waals surface area contributed by atoms with E-state index in [0.29, 0.717) is 6.04 Å². The maximum atomic E-state index is 5.52. The van der Waals surface area contributed by atoms with Gasteiger partial charge >= 0.3 is 0 Å². The zero-order valence-corrected chi connectivity index (χ0v) is 13.4. The van der Waals surface area contributed by atoms with Crippen molar-refractivity contribution in [3.63, 3.8) is 0 Å². The van der Waals surface area contributed by atoms with Crippen LogP contribution in [0.25, 0.3) is 0 Å². The van der Waals surface area contributed by atoms with Crippen LogP contribution in [0, 0.1) is 13.8 Å². The third-order valence-electron chi connectivity index (χ3n) is 3.78. The van der Waals surface area contributed by atoms with E-state index in [2.05, 4.69) is 17.4 Å². The van der Waals surface area contributed by atoms with Gasteiger partial charge in [-0.3, -0.25) is 4.99 Å². The van der Waals surface area contributed by atoms with Gasteiger partial charge in [0.1, 0.15) is 11.5 Å². The molecule has 112 valence electrons. The molecular formula is C16H21N3OS. The van der Waals surface area contributed by atoms with Crippen molar-refractivity contribution in [3.8, 4) is 0 Å². The van der Waals surface area contributed by atoms with Crippen LogP contribution in [0.5, 0.6) is 0 Å². The molecule has 1 aliphatic rings. The largest absolute Gasteiger partial charge is 0.460 e. The Morgan fingerprint density at radius 1 is 1.24 bits per heavy atom. The van der Waals surface area contributed by atoms with E-state index >= 15 is 0 Å². The van der Waals surface area contributed by atoms with Gasteiger partial charge in [-0.15, -0.1) is 11.3 Å². The second-order valence-electron chi connectivity index (χ2n) is 5.59. The summed E-state index contributed by atoms with van der Waals surface area (Å²) in [5, 5.41) is 6.63. The van der Waals surface area contributed by atoms with Gasteiger partial charge in [0.05, 0.1) is 18.0 Å². The molecule has 0 spiro atoms. The Balaban J connectivity index is 1.86. The van der Waals surface area contributed by atoms with E-state index in [-0.39, 0.29) is 0 Å². The number of rotatable bonds is 3. The molecular weight excluding hydrogens is 282 g/mol. The first kappa shape index (κ1) is 14.3. The van der Waals surface area contributed by atoms with Crippen molar-refractivity contribution in [1.29, 1.82) is 0 Å². The minimum absolute atomic E-state index is 0.462. The van der Waals surface area contributed by atoms with Gasteiger partial charge in [-0.1, -0.05) is 19.3 Å². The van der Waals surface area contributed by atoms with E-state index < -0.39 is 0 Å². The van der Waals surface area contributed by atoms with Crippen molar-refractivity contribution in [1.82, 2.24) is 4.68 Å². The van der Waals surface area contributed by atoms with Crippen LogP contribution in [-0.2, 0) is 0 Å². The number of aryl methyl sites for hydroxylation is 2. The maximum absolute atomic E-state index is 5.52. The maximum Gasteiger partial charge on any atom is 0.206 e. The summed E-state index contributed by atoms with van der Waals surface area (Å²) in [7, 11) is 0. The van der Waals surface area contributed by atoms with E-state index in [1.165, 1.54) is 32.1 Å². The molecule has 4 nitrogen and oxygen atoms in total. The molecule has 0 radical (unpaired) electrons. The molecule has 0 bridgehead atoms. The number of aromatic nitrogens is 1. The van der Waals surface area contributed by atoms with Crippen LogP contribution < -0.4 is 4.80 Å². The molecule has 21 heavy (non-hydrogen) atoms. The summed E-state index contributed by atoms with van der Waals surface area (Å²) in [4.78, 5) is 5.88. The van der Waals surface area contributed by atoms with Crippen molar-refractivity contribution in [3.05, 3.63) is 39.5 Å². The summed E-state index contributed by atoms with van der Waals surface area (Å²) in [6.07, 6.45) is 8.12. The SMILES string of the molecule is Cc1ccc(C=Nn2c(C)csc2=NC2CCCCC2)o1. The van der Waals surface area contributed by atoms with Crippen LogP contribution >= 0.6 is 11.3 Å². The van der Waals surface area contributed by atoms with Crippen LogP contribution in [-0.4, -0.2) is 16.9 Å². The predicted octanol–water partition coefficient (Wildman–Crippen LogP) is 3.88. The van der Waals surface area contributed by atoms with E-state index in [1.54, 1.807) is 17.6 Å². The Labute approximate surface area is 128 Å². The minimum atomic E-state index is 0.462. The molecule has 0 saturated heterocycles. The summed E-state index contributed by atoms with van der Waals surface area (Å²) in [6.45, 7) is 3.99. The normalized spacial score (nSPS) is 17.9. The van der Waals surface area contributed by atoms with Gasteiger partial charge in [0.15, 0.2) is 0 Å². The number of hydrogen-bond acceptors (Lipinski definition) is 4. The smallest absolute Gasteiger partial charge is 0.206 e. The molecule has 1 fully saturated rings. The molecule has 2 aromatic rings. The Bertz CT molecular complexity index is 686. The summed E-state index contributed by atoms with van der Waals surface area (Å²) in [6, 6.07) is 4.34. The molecule has 1 aliphatic carbocycles. The zero-order valence-electron chi connectivity index (χ0n) is 12.6. The Morgan fingerprint density at radius 3 is 2.76 bits per heavy atom. The molecule has 3 rings (SSSR count). The fourth-order valence-corrected chi connectivity index (χ4v) is 3.49. The van der Waals surface area contributed by atoms with Gasteiger partial charge in [0, 0.05) is 5.38 Å².